The first-order valence-corrected chi connectivity index (χ1v) is 9.57. The third kappa shape index (κ3) is 5.16. The van der Waals surface area contributed by atoms with E-state index >= 15 is 0 Å². The fraction of sp³-hybridized carbons (Fsp3) is 0.500. The lowest BCUT2D eigenvalue weighted by Gasteiger charge is -2.16. The Morgan fingerprint density at radius 3 is 2.82 bits per heavy atom. The van der Waals surface area contributed by atoms with Gasteiger partial charge in [0, 0.05) is 30.6 Å². The van der Waals surface area contributed by atoms with Crippen LogP contribution in [0.2, 0.25) is 0 Å². The second-order valence-electron chi connectivity index (χ2n) is 7.39. The molecule has 0 bridgehead atoms. The molecular formula is C20H27N5O3. The number of rotatable bonds is 7. The number of aromatic nitrogens is 3. The van der Waals surface area contributed by atoms with Gasteiger partial charge in [-0.1, -0.05) is 6.07 Å². The van der Waals surface area contributed by atoms with Crippen LogP contribution in [0.5, 0.6) is 0 Å². The predicted octanol–water partition coefficient (Wildman–Crippen LogP) is 0.510. The Bertz CT molecular complexity index is 821. The van der Waals surface area contributed by atoms with Crippen LogP contribution < -0.4 is 10.6 Å². The van der Waals surface area contributed by atoms with Gasteiger partial charge < -0.3 is 15.7 Å². The van der Waals surface area contributed by atoms with Crippen molar-refractivity contribution >= 4 is 11.8 Å². The van der Waals surface area contributed by atoms with Gasteiger partial charge in [-0.3, -0.25) is 19.3 Å². The minimum absolute atomic E-state index is 0.0930. The highest BCUT2D eigenvalue weighted by molar-refractivity contribution is 5.81. The van der Waals surface area contributed by atoms with E-state index in [-0.39, 0.29) is 24.2 Å². The van der Waals surface area contributed by atoms with Crippen LogP contribution in [-0.4, -0.2) is 50.4 Å². The highest BCUT2D eigenvalue weighted by Crippen LogP contribution is 2.26. The number of hydrogen-bond acceptors (Lipinski definition) is 5. The summed E-state index contributed by atoms with van der Waals surface area (Å²) >= 11 is 0. The third-order valence-corrected chi connectivity index (χ3v) is 5.06. The fourth-order valence-electron chi connectivity index (χ4n) is 3.66. The van der Waals surface area contributed by atoms with Crippen LogP contribution in [0.1, 0.15) is 29.8 Å². The standard InChI is InChI=1S/C20H27N5O3/c1-13-8-14(2)25(24-13)7-6-22-20(28)16-10-17(18(26)11-16)23-19(27)9-15-4-3-5-21-12-15/h3-5,8,12,16-18,26H,6-7,9-11H2,1-2H3,(H,22,28)(H,23,27)/t16-,17+,18+/m0/s1. The molecule has 1 fully saturated rings. The third-order valence-electron chi connectivity index (χ3n) is 5.06. The van der Waals surface area contributed by atoms with Gasteiger partial charge in [-0.15, -0.1) is 0 Å². The van der Waals surface area contributed by atoms with Crippen LogP contribution >= 0.6 is 0 Å². The fourth-order valence-corrected chi connectivity index (χ4v) is 3.66. The van der Waals surface area contributed by atoms with E-state index in [1.807, 2.05) is 30.7 Å². The van der Waals surface area contributed by atoms with Gasteiger partial charge in [-0.05, 0) is 44.4 Å². The molecule has 150 valence electrons. The Hall–Kier alpha value is -2.74. The maximum atomic E-state index is 12.4. The zero-order valence-electron chi connectivity index (χ0n) is 16.3. The first-order valence-electron chi connectivity index (χ1n) is 9.57. The largest absolute Gasteiger partial charge is 0.391 e. The van der Waals surface area contributed by atoms with Gasteiger partial charge in [0.05, 0.1) is 30.8 Å². The van der Waals surface area contributed by atoms with Crippen molar-refractivity contribution in [3.05, 3.63) is 47.5 Å². The van der Waals surface area contributed by atoms with Crippen molar-refractivity contribution in [2.24, 2.45) is 5.92 Å². The number of aliphatic hydroxyl groups is 1. The van der Waals surface area contributed by atoms with E-state index in [0.29, 0.717) is 25.9 Å². The average Bonchev–Trinajstić information content (AvgIpc) is 3.17. The van der Waals surface area contributed by atoms with E-state index in [1.165, 1.54) is 0 Å². The van der Waals surface area contributed by atoms with Crippen LogP contribution in [0, 0.1) is 19.8 Å². The highest BCUT2D eigenvalue weighted by Gasteiger charge is 2.37. The van der Waals surface area contributed by atoms with Crippen molar-refractivity contribution in [2.45, 2.75) is 51.8 Å². The summed E-state index contributed by atoms with van der Waals surface area (Å²) in [5.74, 6) is -0.577. The molecule has 1 aliphatic carbocycles. The number of nitrogens with one attached hydrogen (secondary N) is 2. The smallest absolute Gasteiger partial charge is 0.224 e. The molecule has 8 nitrogen and oxygen atoms in total. The molecule has 2 aromatic heterocycles. The summed E-state index contributed by atoms with van der Waals surface area (Å²) in [7, 11) is 0. The van der Waals surface area contributed by atoms with E-state index in [4.69, 9.17) is 0 Å². The van der Waals surface area contributed by atoms with E-state index in [2.05, 4.69) is 20.7 Å². The van der Waals surface area contributed by atoms with E-state index in [1.54, 1.807) is 18.5 Å². The molecule has 3 atom stereocenters. The maximum absolute atomic E-state index is 12.4. The van der Waals surface area contributed by atoms with Gasteiger partial charge in [-0.2, -0.15) is 5.10 Å². The van der Waals surface area contributed by atoms with Crippen molar-refractivity contribution < 1.29 is 14.7 Å². The molecule has 0 aromatic carbocycles. The SMILES string of the molecule is Cc1cc(C)n(CCNC(=O)[C@@H]2C[C@@H](O)[C@H](NC(=O)Cc3cccnc3)C2)n1. The van der Waals surface area contributed by atoms with Gasteiger partial charge in [0.25, 0.3) is 0 Å². The first kappa shape index (κ1) is 20.0. The summed E-state index contributed by atoms with van der Waals surface area (Å²) in [6.07, 6.45) is 3.57. The molecule has 2 aromatic rings. The van der Waals surface area contributed by atoms with Crippen molar-refractivity contribution in [2.75, 3.05) is 6.54 Å². The Morgan fingerprint density at radius 1 is 1.32 bits per heavy atom. The molecule has 0 aliphatic heterocycles. The second-order valence-corrected chi connectivity index (χ2v) is 7.39. The van der Waals surface area contributed by atoms with Crippen LogP contribution in [-0.2, 0) is 22.6 Å². The minimum Gasteiger partial charge on any atom is -0.391 e. The number of nitrogens with zero attached hydrogens (tertiary/aromatic N) is 3. The van der Waals surface area contributed by atoms with E-state index in [9.17, 15) is 14.7 Å². The lowest BCUT2D eigenvalue weighted by molar-refractivity contribution is -0.125. The Morgan fingerprint density at radius 2 is 2.14 bits per heavy atom. The summed E-state index contributed by atoms with van der Waals surface area (Å²) in [6, 6.07) is 5.19. The molecule has 1 aliphatic rings. The molecule has 2 heterocycles. The molecule has 0 unspecified atom stereocenters. The van der Waals surface area contributed by atoms with E-state index < -0.39 is 12.1 Å². The number of carbonyl (C=O) groups is 2. The maximum Gasteiger partial charge on any atom is 0.224 e. The number of hydrogen-bond donors (Lipinski definition) is 3. The van der Waals surface area contributed by atoms with E-state index in [0.717, 1.165) is 17.0 Å². The molecule has 2 amide bonds. The first-order chi connectivity index (χ1) is 13.4. The highest BCUT2D eigenvalue weighted by atomic mass is 16.3. The Kier molecular flexibility index (Phi) is 6.41. The van der Waals surface area contributed by atoms with Crippen LogP contribution in [0.15, 0.2) is 30.6 Å². The molecule has 0 spiro atoms. The molecule has 0 saturated heterocycles. The summed E-state index contributed by atoms with van der Waals surface area (Å²) in [5, 5.41) is 20.4. The molecular weight excluding hydrogens is 358 g/mol. The topological polar surface area (TPSA) is 109 Å². The quantitative estimate of drug-likeness (QED) is 0.643. The van der Waals surface area contributed by atoms with Crippen molar-refractivity contribution in [1.82, 2.24) is 25.4 Å². The van der Waals surface area contributed by atoms with Crippen molar-refractivity contribution in [3.63, 3.8) is 0 Å². The zero-order valence-corrected chi connectivity index (χ0v) is 16.3. The van der Waals surface area contributed by atoms with Crippen molar-refractivity contribution in [1.29, 1.82) is 0 Å². The average molecular weight is 385 g/mol. The molecule has 3 rings (SSSR count). The lowest BCUT2D eigenvalue weighted by atomic mass is 10.1. The summed E-state index contributed by atoms with van der Waals surface area (Å²) in [5.41, 5.74) is 2.82. The summed E-state index contributed by atoms with van der Waals surface area (Å²) in [4.78, 5) is 28.6. The number of amides is 2. The molecule has 1 saturated carbocycles. The minimum atomic E-state index is -0.718. The zero-order chi connectivity index (χ0) is 20.1. The Balaban J connectivity index is 1.44. The van der Waals surface area contributed by atoms with Crippen LogP contribution in [0.3, 0.4) is 0 Å². The normalized spacial score (nSPS) is 21.5. The summed E-state index contributed by atoms with van der Waals surface area (Å²) in [6.45, 7) is 5.00. The second kappa shape index (κ2) is 8.97. The molecule has 8 heteroatoms. The monoisotopic (exact) mass is 385 g/mol. The van der Waals surface area contributed by atoms with Gasteiger partial charge in [0.15, 0.2) is 0 Å². The molecule has 0 radical (unpaired) electrons. The number of aryl methyl sites for hydroxylation is 2. The van der Waals surface area contributed by atoms with Crippen LogP contribution in [0.25, 0.3) is 0 Å². The number of pyridine rings is 1. The molecule has 28 heavy (non-hydrogen) atoms. The van der Waals surface area contributed by atoms with Crippen LogP contribution in [0.4, 0.5) is 0 Å². The molecule has 3 N–H and O–H groups in total. The van der Waals surface area contributed by atoms with Gasteiger partial charge in [0.2, 0.25) is 11.8 Å². The van der Waals surface area contributed by atoms with Gasteiger partial charge in [-0.25, -0.2) is 0 Å². The lowest BCUT2D eigenvalue weighted by Crippen LogP contribution is -2.40. The van der Waals surface area contributed by atoms with Gasteiger partial charge >= 0.3 is 0 Å². The number of carbonyl (C=O) groups excluding carboxylic acids is 2. The summed E-state index contributed by atoms with van der Waals surface area (Å²) < 4.78 is 1.86. The van der Waals surface area contributed by atoms with Crippen molar-refractivity contribution in [3.8, 4) is 0 Å². The van der Waals surface area contributed by atoms with Gasteiger partial charge in [0.1, 0.15) is 0 Å². The Labute approximate surface area is 164 Å². The predicted molar refractivity (Wildman–Crippen MR) is 103 cm³/mol. The number of aliphatic hydroxyl groups excluding tert-OH is 1.